The Hall–Kier alpha value is -1.64. The van der Waals surface area contributed by atoms with Crippen LogP contribution in [0.25, 0.3) is 11.3 Å². The molecule has 0 saturated carbocycles. The Morgan fingerprint density at radius 2 is 2.00 bits per heavy atom. The van der Waals surface area contributed by atoms with Gasteiger partial charge in [0.1, 0.15) is 17.3 Å². The Balaban J connectivity index is 1.80. The van der Waals surface area contributed by atoms with E-state index in [4.69, 9.17) is 13.9 Å². The van der Waals surface area contributed by atoms with Gasteiger partial charge in [0.2, 0.25) is 0 Å². The van der Waals surface area contributed by atoms with E-state index in [0.717, 1.165) is 0 Å². The fourth-order valence-corrected chi connectivity index (χ4v) is 4.93. The van der Waals surface area contributed by atoms with Crippen molar-refractivity contribution in [2.24, 2.45) is 0 Å². The van der Waals surface area contributed by atoms with Gasteiger partial charge in [-0.25, -0.2) is 9.07 Å². The van der Waals surface area contributed by atoms with Crippen molar-refractivity contribution in [2.45, 2.75) is 32.3 Å². The predicted molar refractivity (Wildman–Crippen MR) is 92.6 cm³/mol. The quantitative estimate of drug-likeness (QED) is 0.677. The van der Waals surface area contributed by atoms with Crippen molar-refractivity contribution in [3.8, 4) is 11.3 Å². The first kappa shape index (κ1) is 19.1. The molecule has 1 aromatic carbocycles. The number of benzene rings is 1. The summed E-state index contributed by atoms with van der Waals surface area (Å²) in [5.74, 6) is -0.937. The molecule has 1 saturated heterocycles. The van der Waals surface area contributed by atoms with Crippen LogP contribution in [0.3, 0.4) is 0 Å². The van der Waals surface area contributed by atoms with Crippen molar-refractivity contribution in [2.75, 3.05) is 20.3 Å². The number of aromatic nitrogens is 3. The number of nitrogens with zero attached hydrogens (tertiary/aromatic N) is 4. The van der Waals surface area contributed by atoms with E-state index >= 15 is 0 Å². The third-order valence-corrected chi connectivity index (χ3v) is 6.56. The summed E-state index contributed by atoms with van der Waals surface area (Å²) in [6, 6.07) is 6.34. The van der Waals surface area contributed by atoms with Gasteiger partial charge in [-0.1, -0.05) is 17.3 Å². The first-order chi connectivity index (χ1) is 12.5. The lowest BCUT2D eigenvalue weighted by atomic mass is 10.1. The van der Waals surface area contributed by atoms with Crippen LogP contribution in [0.15, 0.2) is 30.5 Å². The number of rotatable bonds is 7. The molecule has 0 aliphatic carbocycles. The summed E-state index contributed by atoms with van der Waals surface area (Å²) >= 11 is 0. The second kappa shape index (κ2) is 7.94. The minimum absolute atomic E-state index is 0.271. The first-order valence-corrected chi connectivity index (χ1v) is 10.0. The molecule has 142 valence electrons. The average Bonchev–Trinajstić information content (AvgIpc) is 3.23. The van der Waals surface area contributed by atoms with E-state index in [2.05, 4.69) is 10.3 Å². The lowest BCUT2D eigenvalue weighted by molar-refractivity contribution is -0.162. The molecule has 26 heavy (non-hydrogen) atoms. The second-order valence-electron chi connectivity index (χ2n) is 5.76. The van der Waals surface area contributed by atoms with Crippen LogP contribution in [-0.2, 0) is 18.5 Å². The standard InChI is InChI=1S/C16H22FN4O4P/c1-4-23-26(22,24-5-2)16-10-15(25-20(16)3)21-11-14(18-19-21)12-8-6-7-9-13(12)17/h6-9,11,15-16H,4-5,10H2,1-3H3/t15-,16+/m0/s1. The molecule has 2 heterocycles. The van der Waals surface area contributed by atoms with E-state index in [1.807, 2.05) is 0 Å². The summed E-state index contributed by atoms with van der Waals surface area (Å²) < 4.78 is 39.3. The van der Waals surface area contributed by atoms with Crippen molar-refractivity contribution in [1.82, 2.24) is 20.1 Å². The summed E-state index contributed by atoms with van der Waals surface area (Å²) in [5.41, 5.74) is 0.756. The molecular formula is C16H22FN4O4P. The zero-order valence-corrected chi connectivity index (χ0v) is 15.8. The van der Waals surface area contributed by atoms with Gasteiger partial charge in [0.05, 0.1) is 19.4 Å². The van der Waals surface area contributed by atoms with Crippen molar-refractivity contribution in [3.63, 3.8) is 0 Å². The minimum atomic E-state index is -3.36. The van der Waals surface area contributed by atoms with Crippen LogP contribution in [0.4, 0.5) is 4.39 Å². The summed E-state index contributed by atoms with van der Waals surface area (Å²) in [6.45, 7) is 4.06. The van der Waals surface area contributed by atoms with Crippen molar-refractivity contribution < 1.29 is 22.8 Å². The Kier molecular flexibility index (Phi) is 5.84. The zero-order valence-electron chi connectivity index (χ0n) is 14.9. The Morgan fingerprint density at radius 1 is 1.31 bits per heavy atom. The smallest absolute Gasteiger partial charge is 0.308 e. The molecular weight excluding hydrogens is 362 g/mol. The van der Waals surface area contributed by atoms with E-state index in [9.17, 15) is 8.96 Å². The highest BCUT2D eigenvalue weighted by Gasteiger charge is 2.47. The topological polar surface area (TPSA) is 78.7 Å². The molecule has 0 unspecified atom stereocenters. The van der Waals surface area contributed by atoms with E-state index in [0.29, 0.717) is 17.7 Å². The molecule has 10 heteroatoms. The van der Waals surface area contributed by atoms with Crippen LogP contribution >= 0.6 is 7.60 Å². The largest absolute Gasteiger partial charge is 0.350 e. The third-order valence-electron chi connectivity index (χ3n) is 4.06. The Bertz CT molecular complexity index is 792. The van der Waals surface area contributed by atoms with Crippen molar-refractivity contribution >= 4 is 7.60 Å². The Labute approximate surface area is 151 Å². The van der Waals surface area contributed by atoms with Crippen LogP contribution in [0.1, 0.15) is 26.5 Å². The summed E-state index contributed by atoms with van der Waals surface area (Å²) in [6.07, 6.45) is 1.41. The number of hydrogen-bond donors (Lipinski definition) is 0. The molecule has 1 aliphatic heterocycles. The van der Waals surface area contributed by atoms with Gasteiger partial charge in [0.25, 0.3) is 0 Å². The fraction of sp³-hybridized carbons (Fsp3) is 0.500. The van der Waals surface area contributed by atoms with Crippen LogP contribution in [0.2, 0.25) is 0 Å². The molecule has 0 bridgehead atoms. The molecule has 0 radical (unpaired) electrons. The van der Waals surface area contributed by atoms with Crippen molar-refractivity contribution in [3.05, 3.63) is 36.3 Å². The molecule has 0 amide bonds. The lowest BCUT2D eigenvalue weighted by Crippen LogP contribution is -2.25. The molecule has 2 atom stereocenters. The van der Waals surface area contributed by atoms with Crippen LogP contribution in [0, 0.1) is 5.82 Å². The molecule has 8 nitrogen and oxygen atoms in total. The second-order valence-corrected chi connectivity index (χ2v) is 7.95. The van der Waals surface area contributed by atoms with Crippen LogP contribution < -0.4 is 0 Å². The lowest BCUT2D eigenvalue weighted by Gasteiger charge is -2.25. The summed E-state index contributed by atoms with van der Waals surface area (Å²) in [5, 5.41) is 9.53. The first-order valence-electron chi connectivity index (χ1n) is 8.43. The molecule has 3 rings (SSSR count). The van der Waals surface area contributed by atoms with Gasteiger partial charge in [-0.2, -0.15) is 5.06 Å². The summed E-state index contributed by atoms with van der Waals surface area (Å²) in [4.78, 5) is 5.75. The highest BCUT2D eigenvalue weighted by atomic mass is 31.2. The fourth-order valence-electron chi connectivity index (χ4n) is 2.90. The molecule has 2 aromatic rings. The monoisotopic (exact) mass is 384 g/mol. The van der Waals surface area contributed by atoms with Gasteiger partial charge in [-0.05, 0) is 26.0 Å². The maximum atomic E-state index is 13.9. The normalized spacial score (nSPS) is 21.4. The predicted octanol–water partition coefficient (Wildman–Crippen LogP) is 3.44. The van der Waals surface area contributed by atoms with Gasteiger partial charge in [0.15, 0.2) is 6.23 Å². The highest BCUT2D eigenvalue weighted by molar-refractivity contribution is 7.54. The van der Waals surface area contributed by atoms with Crippen LogP contribution in [0.5, 0.6) is 0 Å². The highest BCUT2D eigenvalue weighted by Crippen LogP contribution is 2.58. The van der Waals surface area contributed by atoms with E-state index in [1.54, 1.807) is 45.3 Å². The molecule has 0 spiro atoms. The van der Waals surface area contributed by atoms with E-state index < -0.39 is 19.6 Å². The van der Waals surface area contributed by atoms with Gasteiger partial charge in [0, 0.05) is 19.0 Å². The molecule has 1 aromatic heterocycles. The molecule has 0 N–H and O–H groups in total. The number of hydroxylamine groups is 2. The minimum Gasteiger partial charge on any atom is -0.308 e. The molecule has 1 aliphatic rings. The number of hydrogen-bond acceptors (Lipinski definition) is 7. The summed E-state index contributed by atoms with van der Waals surface area (Å²) in [7, 11) is -1.69. The van der Waals surface area contributed by atoms with Gasteiger partial charge in [-0.3, -0.25) is 9.40 Å². The van der Waals surface area contributed by atoms with Crippen LogP contribution in [-0.4, -0.2) is 46.1 Å². The van der Waals surface area contributed by atoms with Gasteiger partial charge < -0.3 is 9.05 Å². The maximum Gasteiger partial charge on any atom is 0.350 e. The van der Waals surface area contributed by atoms with E-state index in [-0.39, 0.29) is 19.0 Å². The van der Waals surface area contributed by atoms with Gasteiger partial charge >= 0.3 is 7.60 Å². The average molecular weight is 384 g/mol. The maximum absolute atomic E-state index is 13.9. The van der Waals surface area contributed by atoms with Crippen molar-refractivity contribution in [1.29, 1.82) is 0 Å². The van der Waals surface area contributed by atoms with E-state index in [1.165, 1.54) is 15.8 Å². The molecule has 1 fully saturated rings. The SMILES string of the molecule is CCOP(=O)(OCC)[C@@H]1C[C@@H](n2cc(-c3ccccc3F)nn2)ON1C. The Morgan fingerprint density at radius 3 is 2.65 bits per heavy atom. The third kappa shape index (κ3) is 3.72. The zero-order chi connectivity index (χ0) is 18.7. The number of halogens is 1. The van der Waals surface area contributed by atoms with Gasteiger partial charge in [-0.15, -0.1) is 5.10 Å².